The Kier molecular flexibility index (Phi) is 3.15. The number of nitrogens with one attached hydrogen (secondary N) is 2. The van der Waals surface area contributed by atoms with Gasteiger partial charge in [-0.05, 0) is 37.1 Å². The summed E-state index contributed by atoms with van der Waals surface area (Å²) in [6, 6.07) is 5.37. The van der Waals surface area contributed by atoms with Crippen LogP contribution < -0.4 is 5.32 Å². The highest BCUT2D eigenvalue weighted by molar-refractivity contribution is 6.31. The fourth-order valence-electron chi connectivity index (χ4n) is 1.49. The van der Waals surface area contributed by atoms with Crippen molar-refractivity contribution in [2.45, 2.75) is 13.8 Å². The third-order valence-electron chi connectivity index (χ3n) is 2.50. The number of amides is 1. The average molecular weight is 250 g/mol. The highest BCUT2D eigenvalue weighted by Gasteiger charge is 2.12. The van der Waals surface area contributed by atoms with Crippen molar-refractivity contribution in [1.29, 1.82) is 0 Å². The first-order valence-electron chi connectivity index (χ1n) is 5.15. The lowest BCUT2D eigenvalue weighted by molar-refractivity contribution is 0.102. The summed E-state index contributed by atoms with van der Waals surface area (Å²) in [5.41, 5.74) is 2.93. The number of rotatable bonds is 2. The summed E-state index contributed by atoms with van der Waals surface area (Å²) in [5.74, 6) is -0.217. The summed E-state index contributed by atoms with van der Waals surface area (Å²) in [7, 11) is 0. The van der Waals surface area contributed by atoms with E-state index in [0.29, 0.717) is 16.4 Å². The second kappa shape index (κ2) is 4.59. The molecule has 0 spiro atoms. The summed E-state index contributed by atoms with van der Waals surface area (Å²) in [4.78, 5) is 11.9. The molecule has 2 aromatic rings. The number of carbonyl (C=O) groups excluding carboxylic acids is 1. The van der Waals surface area contributed by atoms with E-state index in [2.05, 4.69) is 15.5 Å². The van der Waals surface area contributed by atoms with Crippen molar-refractivity contribution >= 4 is 23.2 Å². The quantitative estimate of drug-likeness (QED) is 0.860. The van der Waals surface area contributed by atoms with Gasteiger partial charge in [0.05, 0.1) is 6.20 Å². The fraction of sp³-hybridized carbons (Fsp3) is 0.167. The van der Waals surface area contributed by atoms with Gasteiger partial charge in [0.15, 0.2) is 0 Å². The highest BCUT2D eigenvalue weighted by Crippen LogP contribution is 2.20. The van der Waals surface area contributed by atoms with Gasteiger partial charge in [-0.1, -0.05) is 17.7 Å². The van der Waals surface area contributed by atoms with Crippen LogP contribution in [-0.4, -0.2) is 16.1 Å². The molecule has 0 saturated heterocycles. The van der Waals surface area contributed by atoms with Crippen LogP contribution in [0, 0.1) is 13.8 Å². The van der Waals surface area contributed by atoms with E-state index in [1.165, 1.54) is 0 Å². The Hall–Kier alpha value is -1.81. The number of nitrogens with zero attached hydrogens (tertiary/aromatic N) is 1. The van der Waals surface area contributed by atoms with Crippen molar-refractivity contribution in [2.75, 3.05) is 5.32 Å². The summed E-state index contributed by atoms with van der Waals surface area (Å²) >= 11 is 5.88. The first-order valence-corrected chi connectivity index (χ1v) is 5.53. The molecule has 2 rings (SSSR count). The van der Waals surface area contributed by atoms with E-state index in [0.717, 1.165) is 11.1 Å². The molecule has 17 heavy (non-hydrogen) atoms. The third-order valence-corrected chi connectivity index (χ3v) is 2.74. The van der Waals surface area contributed by atoms with Crippen LogP contribution in [0.1, 0.15) is 21.6 Å². The minimum Gasteiger partial charge on any atom is -0.320 e. The van der Waals surface area contributed by atoms with Crippen molar-refractivity contribution in [3.8, 4) is 0 Å². The molecule has 0 aliphatic heterocycles. The molecule has 0 aliphatic rings. The normalized spacial score (nSPS) is 10.3. The number of aromatic amines is 1. The number of carbonyl (C=O) groups is 1. The van der Waals surface area contributed by atoms with Crippen LogP contribution in [0.3, 0.4) is 0 Å². The standard InChI is InChI=1S/C12H12ClN3O/c1-7-3-4-9(13)5-10(7)15-12(17)11-8(2)6-14-16-11/h3-6H,1-2H3,(H,14,16)(H,15,17). The summed E-state index contributed by atoms with van der Waals surface area (Å²) in [5, 5.41) is 9.87. The van der Waals surface area contributed by atoms with E-state index in [4.69, 9.17) is 11.6 Å². The van der Waals surface area contributed by atoms with Crippen molar-refractivity contribution in [3.63, 3.8) is 0 Å². The maximum atomic E-state index is 11.9. The molecule has 1 aromatic heterocycles. The van der Waals surface area contributed by atoms with Gasteiger partial charge in [-0.3, -0.25) is 9.89 Å². The Morgan fingerprint density at radius 3 is 2.76 bits per heavy atom. The van der Waals surface area contributed by atoms with Crippen LogP contribution in [-0.2, 0) is 0 Å². The summed E-state index contributed by atoms with van der Waals surface area (Å²) in [6.45, 7) is 3.73. The number of anilines is 1. The van der Waals surface area contributed by atoms with Gasteiger partial charge in [0.25, 0.3) is 5.91 Å². The molecule has 88 valence electrons. The molecule has 2 N–H and O–H groups in total. The largest absolute Gasteiger partial charge is 0.320 e. The smallest absolute Gasteiger partial charge is 0.273 e. The zero-order chi connectivity index (χ0) is 12.4. The average Bonchev–Trinajstić information content (AvgIpc) is 2.70. The lowest BCUT2D eigenvalue weighted by Gasteiger charge is -2.08. The minimum atomic E-state index is -0.217. The van der Waals surface area contributed by atoms with Gasteiger partial charge >= 0.3 is 0 Å². The van der Waals surface area contributed by atoms with Crippen LogP contribution in [0.15, 0.2) is 24.4 Å². The predicted octanol–water partition coefficient (Wildman–Crippen LogP) is 2.93. The van der Waals surface area contributed by atoms with Gasteiger partial charge in [0.2, 0.25) is 0 Å². The Labute approximate surface area is 104 Å². The molecule has 0 radical (unpaired) electrons. The number of hydrogen-bond donors (Lipinski definition) is 2. The van der Waals surface area contributed by atoms with Gasteiger partial charge in [-0.15, -0.1) is 0 Å². The van der Waals surface area contributed by atoms with E-state index >= 15 is 0 Å². The van der Waals surface area contributed by atoms with Crippen LogP contribution >= 0.6 is 11.6 Å². The van der Waals surface area contributed by atoms with E-state index in [-0.39, 0.29) is 5.91 Å². The number of benzene rings is 1. The topological polar surface area (TPSA) is 57.8 Å². The number of aromatic nitrogens is 2. The summed E-state index contributed by atoms with van der Waals surface area (Å²) in [6.07, 6.45) is 1.61. The van der Waals surface area contributed by atoms with Gasteiger partial charge < -0.3 is 5.32 Å². The zero-order valence-corrected chi connectivity index (χ0v) is 10.3. The van der Waals surface area contributed by atoms with Crippen molar-refractivity contribution < 1.29 is 4.79 Å². The van der Waals surface area contributed by atoms with E-state index < -0.39 is 0 Å². The molecule has 5 heteroatoms. The third kappa shape index (κ3) is 2.47. The Morgan fingerprint density at radius 2 is 2.12 bits per heavy atom. The molecular weight excluding hydrogens is 238 g/mol. The van der Waals surface area contributed by atoms with Crippen molar-refractivity contribution in [3.05, 3.63) is 46.2 Å². The van der Waals surface area contributed by atoms with Crippen LogP contribution in [0.5, 0.6) is 0 Å². The van der Waals surface area contributed by atoms with Crippen molar-refractivity contribution in [2.24, 2.45) is 0 Å². The Morgan fingerprint density at radius 1 is 1.35 bits per heavy atom. The van der Waals surface area contributed by atoms with E-state index in [1.807, 2.05) is 19.9 Å². The van der Waals surface area contributed by atoms with Gasteiger partial charge in [0.1, 0.15) is 5.69 Å². The molecule has 1 amide bonds. The first-order chi connectivity index (χ1) is 8.08. The van der Waals surface area contributed by atoms with E-state index in [1.54, 1.807) is 18.3 Å². The molecule has 0 bridgehead atoms. The zero-order valence-electron chi connectivity index (χ0n) is 9.54. The lowest BCUT2D eigenvalue weighted by Crippen LogP contribution is -2.14. The predicted molar refractivity (Wildman–Crippen MR) is 67.5 cm³/mol. The van der Waals surface area contributed by atoms with Gasteiger partial charge in [0, 0.05) is 10.7 Å². The molecular formula is C12H12ClN3O. The Balaban J connectivity index is 2.24. The number of H-pyrrole nitrogens is 1. The maximum Gasteiger partial charge on any atom is 0.273 e. The fourth-order valence-corrected chi connectivity index (χ4v) is 1.66. The number of hydrogen-bond acceptors (Lipinski definition) is 2. The van der Waals surface area contributed by atoms with Gasteiger partial charge in [-0.25, -0.2) is 0 Å². The lowest BCUT2D eigenvalue weighted by atomic mass is 10.2. The minimum absolute atomic E-state index is 0.217. The molecule has 4 nitrogen and oxygen atoms in total. The van der Waals surface area contributed by atoms with Crippen LogP contribution in [0.2, 0.25) is 5.02 Å². The molecule has 0 fully saturated rings. The monoisotopic (exact) mass is 249 g/mol. The van der Waals surface area contributed by atoms with Crippen LogP contribution in [0.4, 0.5) is 5.69 Å². The molecule has 0 aliphatic carbocycles. The molecule has 1 heterocycles. The van der Waals surface area contributed by atoms with Crippen LogP contribution in [0.25, 0.3) is 0 Å². The molecule has 1 aromatic carbocycles. The maximum absolute atomic E-state index is 11.9. The SMILES string of the molecule is Cc1ccc(Cl)cc1NC(=O)c1[nH]ncc1C. The number of aryl methyl sites for hydroxylation is 2. The second-order valence-corrected chi connectivity index (χ2v) is 4.28. The van der Waals surface area contributed by atoms with Gasteiger partial charge in [-0.2, -0.15) is 5.10 Å². The Bertz CT molecular complexity index is 563. The molecule has 0 atom stereocenters. The first kappa shape index (κ1) is 11.7. The van der Waals surface area contributed by atoms with Crippen molar-refractivity contribution in [1.82, 2.24) is 10.2 Å². The highest BCUT2D eigenvalue weighted by atomic mass is 35.5. The summed E-state index contributed by atoms with van der Waals surface area (Å²) < 4.78 is 0. The molecule has 0 unspecified atom stereocenters. The molecule has 0 saturated carbocycles. The number of halogens is 1. The second-order valence-electron chi connectivity index (χ2n) is 3.84. The van der Waals surface area contributed by atoms with E-state index in [9.17, 15) is 4.79 Å².